The second-order valence-corrected chi connectivity index (χ2v) is 8.16. The van der Waals surface area contributed by atoms with Gasteiger partial charge in [0.05, 0.1) is 17.9 Å². The largest absolute Gasteiger partial charge is 0.313 e. The van der Waals surface area contributed by atoms with Crippen LogP contribution in [0.4, 0.5) is 5.69 Å². The van der Waals surface area contributed by atoms with E-state index in [9.17, 15) is 4.79 Å². The summed E-state index contributed by atoms with van der Waals surface area (Å²) >= 11 is 0. The lowest BCUT2D eigenvalue weighted by Gasteiger charge is -2.28. The summed E-state index contributed by atoms with van der Waals surface area (Å²) in [5.74, 6) is 0.119. The van der Waals surface area contributed by atoms with Crippen molar-refractivity contribution in [3.05, 3.63) is 54.1 Å². The van der Waals surface area contributed by atoms with Crippen LogP contribution >= 0.6 is 0 Å². The first kappa shape index (κ1) is 21.2. The van der Waals surface area contributed by atoms with E-state index in [1.165, 1.54) is 0 Å². The van der Waals surface area contributed by atoms with Crippen LogP contribution in [0, 0.1) is 0 Å². The summed E-state index contributed by atoms with van der Waals surface area (Å²) in [6.45, 7) is 5.61. The van der Waals surface area contributed by atoms with Crippen LogP contribution in [0.2, 0.25) is 0 Å². The molecule has 2 heterocycles. The molecule has 1 N–H and O–H groups in total. The summed E-state index contributed by atoms with van der Waals surface area (Å²) in [6, 6.07) is 16.7. The summed E-state index contributed by atoms with van der Waals surface area (Å²) in [5.41, 5.74) is 5.81. The van der Waals surface area contributed by atoms with Crippen LogP contribution in [0.15, 0.2) is 48.5 Å². The Bertz CT molecular complexity index is 1060. The summed E-state index contributed by atoms with van der Waals surface area (Å²) < 4.78 is 1.82. The standard InChI is InChI=1S/C25H31N5O/c1-4-10-19(5-2)26-16-15-23(31)30-17-18-11-6-7-12-20(18)25-24(27-28-29(25)3)21-13-8-9-14-22(21)30/h6-9,11-14,19,26H,4-5,10,15-17H2,1-3H3. The number of rotatable bonds is 7. The highest BCUT2D eigenvalue weighted by atomic mass is 16.2. The van der Waals surface area contributed by atoms with Gasteiger partial charge in [-0.25, -0.2) is 4.68 Å². The van der Waals surface area contributed by atoms with Crippen molar-refractivity contribution in [3.63, 3.8) is 0 Å². The molecule has 1 atom stereocenters. The van der Waals surface area contributed by atoms with E-state index in [4.69, 9.17) is 0 Å². The molecule has 31 heavy (non-hydrogen) atoms. The van der Waals surface area contributed by atoms with Crippen LogP contribution < -0.4 is 10.2 Å². The monoisotopic (exact) mass is 417 g/mol. The van der Waals surface area contributed by atoms with Crippen LogP contribution in [0.5, 0.6) is 0 Å². The lowest BCUT2D eigenvalue weighted by atomic mass is 9.95. The Morgan fingerprint density at radius 1 is 1.10 bits per heavy atom. The van der Waals surface area contributed by atoms with E-state index in [1.807, 2.05) is 53.0 Å². The second kappa shape index (κ2) is 9.43. The minimum absolute atomic E-state index is 0.119. The minimum Gasteiger partial charge on any atom is -0.313 e. The Hall–Kier alpha value is -2.99. The number of aromatic nitrogens is 3. The van der Waals surface area contributed by atoms with Crippen molar-refractivity contribution in [2.75, 3.05) is 11.4 Å². The Labute approximate surface area is 184 Å². The van der Waals surface area contributed by atoms with Gasteiger partial charge in [0.15, 0.2) is 0 Å². The third-order valence-corrected chi connectivity index (χ3v) is 6.08. The third-order valence-electron chi connectivity index (χ3n) is 6.08. The SMILES string of the molecule is CCCC(CC)NCCC(=O)N1Cc2ccccc2-c2c(nnn2C)-c2ccccc21. The molecule has 3 aromatic rings. The number of nitrogens with zero attached hydrogens (tertiary/aromatic N) is 4. The van der Waals surface area contributed by atoms with E-state index in [-0.39, 0.29) is 5.91 Å². The molecular formula is C25H31N5O. The van der Waals surface area contributed by atoms with E-state index in [0.717, 1.165) is 53.0 Å². The molecule has 1 amide bonds. The third kappa shape index (κ3) is 4.26. The zero-order chi connectivity index (χ0) is 21.8. The Morgan fingerprint density at radius 2 is 1.84 bits per heavy atom. The molecule has 0 saturated heterocycles. The maximum atomic E-state index is 13.4. The molecule has 1 aromatic heterocycles. The normalized spacial score (nSPS) is 13.6. The molecule has 0 radical (unpaired) electrons. The number of fused-ring (bicyclic) bond motifs is 5. The van der Waals surface area contributed by atoms with E-state index in [1.54, 1.807) is 0 Å². The first-order valence-electron chi connectivity index (χ1n) is 11.2. The first-order chi connectivity index (χ1) is 15.1. The Morgan fingerprint density at radius 3 is 2.61 bits per heavy atom. The number of benzene rings is 2. The van der Waals surface area contributed by atoms with Gasteiger partial charge in [-0.2, -0.15) is 0 Å². The molecule has 1 aliphatic heterocycles. The zero-order valence-electron chi connectivity index (χ0n) is 18.6. The number of nitrogens with one attached hydrogen (secondary N) is 1. The number of anilines is 1. The number of carbonyl (C=O) groups is 1. The summed E-state index contributed by atoms with van der Waals surface area (Å²) in [7, 11) is 1.92. The molecular weight excluding hydrogens is 386 g/mol. The zero-order valence-corrected chi connectivity index (χ0v) is 18.6. The molecule has 0 fully saturated rings. The average molecular weight is 418 g/mol. The fraction of sp³-hybridized carbons (Fsp3) is 0.400. The summed E-state index contributed by atoms with van der Waals surface area (Å²) in [6.07, 6.45) is 3.83. The van der Waals surface area contributed by atoms with E-state index < -0.39 is 0 Å². The van der Waals surface area contributed by atoms with E-state index in [2.05, 4.69) is 41.6 Å². The maximum Gasteiger partial charge on any atom is 0.228 e. The quantitative estimate of drug-likeness (QED) is 0.612. The van der Waals surface area contributed by atoms with Crippen LogP contribution in [0.3, 0.4) is 0 Å². The van der Waals surface area contributed by atoms with Gasteiger partial charge in [0.1, 0.15) is 5.69 Å². The van der Waals surface area contributed by atoms with Crippen molar-refractivity contribution < 1.29 is 4.79 Å². The lowest BCUT2D eigenvalue weighted by Crippen LogP contribution is -2.36. The molecule has 0 bridgehead atoms. The van der Waals surface area contributed by atoms with E-state index in [0.29, 0.717) is 25.6 Å². The topological polar surface area (TPSA) is 63.1 Å². The van der Waals surface area contributed by atoms with Gasteiger partial charge in [0, 0.05) is 37.2 Å². The van der Waals surface area contributed by atoms with Crippen molar-refractivity contribution in [1.82, 2.24) is 20.3 Å². The predicted octanol–water partition coefficient (Wildman–Crippen LogP) is 4.55. The highest BCUT2D eigenvalue weighted by molar-refractivity contribution is 6.00. The fourth-order valence-corrected chi connectivity index (χ4v) is 4.43. The van der Waals surface area contributed by atoms with Gasteiger partial charge >= 0.3 is 0 Å². The molecule has 1 unspecified atom stereocenters. The van der Waals surface area contributed by atoms with Gasteiger partial charge < -0.3 is 10.2 Å². The predicted molar refractivity (Wildman–Crippen MR) is 125 cm³/mol. The number of aryl methyl sites for hydroxylation is 1. The number of hydrogen-bond acceptors (Lipinski definition) is 4. The van der Waals surface area contributed by atoms with Gasteiger partial charge in [-0.05, 0) is 24.5 Å². The number of carbonyl (C=O) groups excluding carboxylic acids is 1. The van der Waals surface area contributed by atoms with E-state index >= 15 is 0 Å². The molecule has 6 heteroatoms. The number of para-hydroxylation sites is 1. The van der Waals surface area contributed by atoms with Crippen LogP contribution in [-0.4, -0.2) is 33.5 Å². The van der Waals surface area contributed by atoms with Crippen molar-refractivity contribution >= 4 is 11.6 Å². The molecule has 6 nitrogen and oxygen atoms in total. The first-order valence-corrected chi connectivity index (χ1v) is 11.2. The van der Waals surface area contributed by atoms with Crippen LogP contribution in [0.25, 0.3) is 22.5 Å². The van der Waals surface area contributed by atoms with Gasteiger partial charge in [0.25, 0.3) is 0 Å². The highest BCUT2D eigenvalue weighted by Crippen LogP contribution is 2.40. The van der Waals surface area contributed by atoms with Gasteiger partial charge in [0.2, 0.25) is 5.91 Å². The number of amides is 1. The smallest absolute Gasteiger partial charge is 0.228 e. The van der Waals surface area contributed by atoms with Crippen molar-refractivity contribution in [3.8, 4) is 22.5 Å². The molecule has 162 valence electrons. The van der Waals surface area contributed by atoms with Crippen LogP contribution in [0.1, 0.15) is 45.1 Å². The van der Waals surface area contributed by atoms with Crippen molar-refractivity contribution in [2.24, 2.45) is 7.05 Å². The molecule has 0 aliphatic carbocycles. The maximum absolute atomic E-state index is 13.4. The fourth-order valence-electron chi connectivity index (χ4n) is 4.43. The number of hydrogen-bond donors (Lipinski definition) is 1. The van der Waals surface area contributed by atoms with Gasteiger partial charge in [-0.3, -0.25) is 4.79 Å². The average Bonchev–Trinajstić information content (AvgIpc) is 3.16. The highest BCUT2D eigenvalue weighted by Gasteiger charge is 2.28. The molecule has 0 saturated carbocycles. The van der Waals surface area contributed by atoms with Crippen LogP contribution in [-0.2, 0) is 18.4 Å². The Kier molecular flexibility index (Phi) is 6.47. The summed E-state index contributed by atoms with van der Waals surface area (Å²) in [4.78, 5) is 15.3. The summed E-state index contributed by atoms with van der Waals surface area (Å²) in [5, 5.41) is 12.3. The second-order valence-electron chi connectivity index (χ2n) is 8.16. The van der Waals surface area contributed by atoms with Crippen molar-refractivity contribution in [2.45, 2.75) is 52.1 Å². The van der Waals surface area contributed by atoms with Gasteiger partial charge in [-0.15, -0.1) is 5.10 Å². The van der Waals surface area contributed by atoms with Gasteiger partial charge in [-0.1, -0.05) is 67.9 Å². The Balaban J connectivity index is 1.69. The lowest BCUT2D eigenvalue weighted by molar-refractivity contribution is -0.118. The molecule has 1 aliphatic rings. The van der Waals surface area contributed by atoms with Crippen molar-refractivity contribution in [1.29, 1.82) is 0 Å². The molecule has 0 spiro atoms. The minimum atomic E-state index is 0.119. The molecule has 4 rings (SSSR count). The molecule has 2 aromatic carbocycles.